The Morgan fingerprint density at radius 3 is 2.65 bits per heavy atom. The van der Waals surface area contributed by atoms with Gasteiger partial charge in [-0.2, -0.15) is 0 Å². The molecule has 6 nitrogen and oxygen atoms in total. The second-order valence-electron chi connectivity index (χ2n) is 4.03. The zero-order chi connectivity index (χ0) is 14.8. The summed E-state index contributed by atoms with van der Waals surface area (Å²) in [7, 11) is 1.61. The van der Waals surface area contributed by atoms with Crippen LogP contribution in [0.3, 0.4) is 0 Å². The number of nitrogens with one attached hydrogen (secondary N) is 1. The van der Waals surface area contributed by atoms with Gasteiger partial charge in [-0.25, -0.2) is 0 Å². The van der Waals surface area contributed by atoms with Gasteiger partial charge in [-0.05, 0) is 37.6 Å². The Hall–Kier alpha value is -2.24. The molecule has 1 rings (SSSR count). The molecule has 0 heterocycles. The number of guanidine groups is 1. The van der Waals surface area contributed by atoms with Crippen molar-refractivity contribution in [2.75, 3.05) is 25.6 Å². The van der Waals surface area contributed by atoms with Crippen LogP contribution >= 0.6 is 0 Å². The maximum Gasteiger partial charge on any atom is 0.305 e. The number of rotatable bonds is 7. The average Bonchev–Trinajstić information content (AvgIpc) is 2.45. The molecule has 0 saturated heterocycles. The third-order valence-corrected chi connectivity index (χ3v) is 2.49. The number of nitrogens with zero attached hydrogens (tertiary/aromatic N) is 1. The van der Waals surface area contributed by atoms with Crippen molar-refractivity contribution in [3.05, 3.63) is 24.3 Å². The van der Waals surface area contributed by atoms with Crippen LogP contribution in [0, 0.1) is 0 Å². The Kier molecular flexibility index (Phi) is 6.95. The van der Waals surface area contributed by atoms with Crippen molar-refractivity contribution < 1.29 is 14.3 Å². The van der Waals surface area contributed by atoms with E-state index < -0.39 is 0 Å². The quantitative estimate of drug-likeness (QED) is 0.344. The van der Waals surface area contributed by atoms with Crippen LogP contribution in [0.15, 0.2) is 29.3 Å². The summed E-state index contributed by atoms with van der Waals surface area (Å²) in [5.74, 6) is 0.893. The second-order valence-corrected chi connectivity index (χ2v) is 4.03. The van der Waals surface area contributed by atoms with Crippen LogP contribution in [0.2, 0.25) is 0 Å². The summed E-state index contributed by atoms with van der Waals surface area (Å²) < 4.78 is 9.88. The Morgan fingerprint density at radius 1 is 1.35 bits per heavy atom. The molecule has 0 aliphatic carbocycles. The Morgan fingerprint density at radius 2 is 2.05 bits per heavy atom. The maximum absolute atomic E-state index is 11.1. The van der Waals surface area contributed by atoms with Crippen LogP contribution in [0.4, 0.5) is 5.69 Å². The van der Waals surface area contributed by atoms with Gasteiger partial charge in [0.2, 0.25) is 0 Å². The van der Waals surface area contributed by atoms with Crippen LogP contribution in [-0.2, 0) is 9.53 Å². The van der Waals surface area contributed by atoms with Crippen molar-refractivity contribution in [3.8, 4) is 5.75 Å². The first-order valence-electron chi connectivity index (χ1n) is 6.52. The van der Waals surface area contributed by atoms with Gasteiger partial charge < -0.3 is 20.5 Å². The second kappa shape index (κ2) is 8.79. The summed E-state index contributed by atoms with van der Waals surface area (Å²) in [6.45, 7) is 2.67. The van der Waals surface area contributed by atoms with Crippen molar-refractivity contribution in [2.45, 2.75) is 19.8 Å². The lowest BCUT2D eigenvalue weighted by molar-refractivity contribution is -0.143. The van der Waals surface area contributed by atoms with Crippen LogP contribution in [0.5, 0.6) is 5.75 Å². The maximum atomic E-state index is 11.1. The zero-order valence-electron chi connectivity index (χ0n) is 11.9. The number of anilines is 1. The number of esters is 1. The number of aliphatic imine (C=N–C) groups is 1. The molecule has 0 unspecified atom stereocenters. The number of hydrogen-bond donors (Lipinski definition) is 2. The third-order valence-electron chi connectivity index (χ3n) is 2.49. The van der Waals surface area contributed by atoms with Gasteiger partial charge in [-0.3, -0.25) is 9.79 Å². The number of hydrogen-bond acceptors (Lipinski definition) is 4. The van der Waals surface area contributed by atoms with Gasteiger partial charge in [0.25, 0.3) is 0 Å². The summed E-state index contributed by atoms with van der Waals surface area (Å²) in [5.41, 5.74) is 6.57. The topological polar surface area (TPSA) is 85.9 Å². The Balaban J connectivity index is 2.32. The summed E-state index contributed by atoms with van der Waals surface area (Å²) in [4.78, 5) is 15.2. The number of ether oxygens (including phenoxy) is 2. The minimum atomic E-state index is -0.204. The molecule has 6 heteroatoms. The molecule has 0 bridgehead atoms. The minimum absolute atomic E-state index is 0.204. The van der Waals surface area contributed by atoms with E-state index in [1.165, 1.54) is 0 Å². The molecule has 0 radical (unpaired) electrons. The molecule has 1 aromatic rings. The highest BCUT2D eigenvalue weighted by molar-refractivity contribution is 5.92. The molecule has 0 atom stereocenters. The highest BCUT2D eigenvalue weighted by atomic mass is 16.5. The van der Waals surface area contributed by atoms with Gasteiger partial charge in [0.15, 0.2) is 5.96 Å². The SMILES string of the molecule is CCOC(=O)CCCN=C(N)Nc1ccc(OC)cc1. The van der Waals surface area contributed by atoms with E-state index in [4.69, 9.17) is 15.2 Å². The van der Waals surface area contributed by atoms with Gasteiger partial charge in [0, 0.05) is 18.7 Å². The third kappa shape index (κ3) is 6.08. The van der Waals surface area contributed by atoms with Crippen molar-refractivity contribution in [3.63, 3.8) is 0 Å². The van der Waals surface area contributed by atoms with E-state index in [2.05, 4.69) is 10.3 Å². The van der Waals surface area contributed by atoms with E-state index in [1.807, 2.05) is 24.3 Å². The molecule has 0 aliphatic rings. The summed E-state index contributed by atoms with van der Waals surface area (Å²) in [5, 5.41) is 2.96. The fraction of sp³-hybridized carbons (Fsp3) is 0.429. The number of methoxy groups -OCH3 is 1. The van der Waals surface area contributed by atoms with Crippen molar-refractivity contribution in [1.82, 2.24) is 0 Å². The molecule has 0 spiro atoms. The molecule has 0 aliphatic heterocycles. The van der Waals surface area contributed by atoms with Gasteiger partial charge >= 0.3 is 5.97 Å². The number of nitrogens with two attached hydrogens (primary N) is 1. The summed E-state index contributed by atoms with van der Waals surface area (Å²) >= 11 is 0. The van der Waals surface area contributed by atoms with Crippen molar-refractivity contribution >= 4 is 17.6 Å². The van der Waals surface area contributed by atoms with E-state index in [9.17, 15) is 4.79 Å². The fourth-order valence-electron chi connectivity index (χ4n) is 1.52. The molecule has 0 saturated carbocycles. The normalized spacial score (nSPS) is 11.0. The lowest BCUT2D eigenvalue weighted by Gasteiger charge is -2.06. The largest absolute Gasteiger partial charge is 0.497 e. The first kappa shape index (κ1) is 15.8. The highest BCUT2D eigenvalue weighted by Gasteiger charge is 2.00. The molecule has 0 amide bonds. The molecule has 20 heavy (non-hydrogen) atoms. The van der Waals surface area contributed by atoms with Crippen molar-refractivity contribution in [1.29, 1.82) is 0 Å². The zero-order valence-corrected chi connectivity index (χ0v) is 11.9. The van der Waals surface area contributed by atoms with Gasteiger partial charge in [0.1, 0.15) is 5.75 Å². The predicted octanol–water partition coefficient (Wildman–Crippen LogP) is 1.77. The molecule has 0 fully saturated rings. The minimum Gasteiger partial charge on any atom is -0.497 e. The monoisotopic (exact) mass is 279 g/mol. The van der Waals surface area contributed by atoms with E-state index in [0.717, 1.165) is 11.4 Å². The predicted molar refractivity (Wildman–Crippen MR) is 79.0 cm³/mol. The van der Waals surface area contributed by atoms with Gasteiger partial charge in [-0.15, -0.1) is 0 Å². The standard InChI is InChI=1S/C14H21N3O3/c1-3-20-13(18)5-4-10-16-14(15)17-11-6-8-12(19-2)9-7-11/h6-9H,3-5,10H2,1-2H3,(H3,15,16,17). The molecule has 110 valence electrons. The van der Waals surface area contributed by atoms with Crippen LogP contribution < -0.4 is 15.8 Å². The molecular formula is C14H21N3O3. The van der Waals surface area contributed by atoms with Gasteiger partial charge in [-0.1, -0.05) is 0 Å². The molecule has 1 aromatic carbocycles. The van der Waals surface area contributed by atoms with E-state index in [-0.39, 0.29) is 5.97 Å². The lowest BCUT2D eigenvalue weighted by atomic mass is 10.3. The first-order chi connectivity index (χ1) is 9.65. The lowest BCUT2D eigenvalue weighted by Crippen LogP contribution is -2.22. The number of carbonyl (C=O) groups excluding carboxylic acids is 1. The molecular weight excluding hydrogens is 258 g/mol. The number of benzene rings is 1. The molecule has 0 aromatic heterocycles. The summed E-state index contributed by atoms with van der Waals surface area (Å²) in [6.07, 6.45) is 0.969. The van der Waals surface area contributed by atoms with Gasteiger partial charge in [0.05, 0.1) is 13.7 Å². The Labute approximate surface area is 119 Å². The van der Waals surface area contributed by atoms with Crippen molar-refractivity contribution in [2.24, 2.45) is 10.7 Å². The van der Waals surface area contributed by atoms with Crippen LogP contribution in [0.25, 0.3) is 0 Å². The van der Waals surface area contributed by atoms with E-state index in [0.29, 0.717) is 32.0 Å². The highest BCUT2D eigenvalue weighted by Crippen LogP contribution is 2.14. The van der Waals surface area contributed by atoms with E-state index >= 15 is 0 Å². The Bertz CT molecular complexity index is 443. The average molecular weight is 279 g/mol. The van der Waals surface area contributed by atoms with E-state index in [1.54, 1.807) is 14.0 Å². The van der Waals surface area contributed by atoms with Crippen LogP contribution in [-0.4, -0.2) is 32.2 Å². The number of carbonyl (C=O) groups is 1. The smallest absolute Gasteiger partial charge is 0.305 e. The molecule has 3 N–H and O–H groups in total. The van der Waals surface area contributed by atoms with Crippen LogP contribution in [0.1, 0.15) is 19.8 Å². The summed E-state index contributed by atoms with van der Waals surface area (Å²) in [6, 6.07) is 7.35. The first-order valence-corrected chi connectivity index (χ1v) is 6.52. The fourth-order valence-corrected chi connectivity index (χ4v) is 1.52.